The van der Waals surface area contributed by atoms with Crippen molar-refractivity contribution in [3.8, 4) is 5.75 Å². The number of rotatable bonds is 5. The molecular formula is C25H18ClF2N3O2. The minimum Gasteiger partial charge on any atom is -0.496 e. The lowest BCUT2D eigenvalue weighted by Crippen LogP contribution is -2.23. The van der Waals surface area contributed by atoms with Crippen LogP contribution in [-0.2, 0) is 13.1 Å². The molecule has 0 fully saturated rings. The highest BCUT2D eigenvalue weighted by molar-refractivity contribution is 6.31. The first-order valence-corrected chi connectivity index (χ1v) is 10.6. The van der Waals surface area contributed by atoms with Gasteiger partial charge in [0.2, 0.25) is 0 Å². The van der Waals surface area contributed by atoms with Gasteiger partial charge in [0.05, 0.1) is 32.0 Å². The molecule has 5 rings (SSSR count). The van der Waals surface area contributed by atoms with Gasteiger partial charge in [0.25, 0.3) is 5.56 Å². The van der Waals surface area contributed by atoms with Crippen LogP contribution in [0.2, 0.25) is 5.02 Å². The molecule has 2 heterocycles. The number of benzene rings is 3. The number of ether oxygens (including phenoxy) is 1. The Bertz CT molecular complexity index is 1560. The van der Waals surface area contributed by atoms with Crippen molar-refractivity contribution in [3.63, 3.8) is 0 Å². The van der Waals surface area contributed by atoms with Crippen LogP contribution in [0.5, 0.6) is 5.75 Å². The molecule has 2 aromatic heterocycles. The van der Waals surface area contributed by atoms with Crippen LogP contribution < -0.4 is 10.3 Å². The number of methoxy groups -OCH3 is 1. The van der Waals surface area contributed by atoms with Crippen LogP contribution in [0, 0.1) is 11.6 Å². The van der Waals surface area contributed by atoms with E-state index in [1.807, 2.05) is 24.3 Å². The molecule has 5 aromatic rings. The van der Waals surface area contributed by atoms with Gasteiger partial charge in [-0.1, -0.05) is 35.9 Å². The van der Waals surface area contributed by atoms with E-state index in [1.165, 1.54) is 35.2 Å². The first-order valence-electron chi connectivity index (χ1n) is 10.2. The molecule has 8 heteroatoms. The van der Waals surface area contributed by atoms with Crippen molar-refractivity contribution in [2.24, 2.45) is 0 Å². The molecule has 166 valence electrons. The van der Waals surface area contributed by atoms with Gasteiger partial charge in [-0.2, -0.15) is 0 Å². The first kappa shape index (κ1) is 21.2. The molecule has 0 unspecified atom stereocenters. The number of hydrogen-bond donors (Lipinski definition) is 0. The molecule has 0 aliphatic carbocycles. The normalized spacial score (nSPS) is 11.4. The van der Waals surface area contributed by atoms with E-state index in [1.54, 1.807) is 23.8 Å². The van der Waals surface area contributed by atoms with Gasteiger partial charge in [-0.15, -0.1) is 0 Å². The van der Waals surface area contributed by atoms with Crippen LogP contribution in [0.25, 0.3) is 21.9 Å². The summed E-state index contributed by atoms with van der Waals surface area (Å²) in [6.45, 7) is 0.217. The van der Waals surface area contributed by atoms with Crippen LogP contribution in [0.1, 0.15) is 11.1 Å². The molecule has 0 aliphatic heterocycles. The van der Waals surface area contributed by atoms with Crippen LogP contribution in [0.15, 0.2) is 71.8 Å². The minimum absolute atomic E-state index is 0.00721. The van der Waals surface area contributed by atoms with Gasteiger partial charge in [0, 0.05) is 21.5 Å². The first-order chi connectivity index (χ1) is 16.0. The predicted octanol–water partition coefficient (Wildman–Crippen LogP) is 5.39. The van der Waals surface area contributed by atoms with E-state index < -0.39 is 11.6 Å². The predicted molar refractivity (Wildman–Crippen MR) is 124 cm³/mol. The van der Waals surface area contributed by atoms with Crippen LogP contribution in [-0.4, -0.2) is 21.2 Å². The van der Waals surface area contributed by atoms with E-state index in [4.69, 9.17) is 16.3 Å². The van der Waals surface area contributed by atoms with Gasteiger partial charge in [-0.25, -0.2) is 13.8 Å². The van der Waals surface area contributed by atoms with E-state index in [9.17, 15) is 13.6 Å². The molecule has 0 bridgehead atoms. The van der Waals surface area contributed by atoms with Crippen LogP contribution in [0.4, 0.5) is 8.78 Å². The third kappa shape index (κ3) is 3.64. The summed E-state index contributed by atoms with van der Waals surface area (Å²) < 4.78 is 37.1. The topological polar surface area (TPSA) is 49.0 Å². The van der Waals surface area contributed by atoms with Crippen LogP contribution >= 0.6 is 11.6 Å². The molecule has 3 aromatic carbocycles. The summed E-state index contributed by atoms with van der Waals surface area (Å²) in [6, 6.07) is 16.0. The van der Waals surface area contributed by atoms with Crippen molar-refractivity contribution in [2.75, 3.05) is 7.11 Å². The number of para-hydroxylation sites is 1. The van der Waals surface area contributed by atoms with Crippen molar-refractivity contribution < 1.29 is 13.5 Å². The summed E-state index contributed by atoms with van der Waals surface area (Å²) >= 11 is 6.26. The number of halogens is 3. The Kier molecular flexibility index (Phi) is 5.34. The monoisotopic (exact) mass is 465 g/mol. The summed E-state index contributed by atoms with van der Waals surface area (Å²) in [4.78, 5) is 18.1. The number of fused-ring (bicyclic) bond motifs is 3. The lowest BCUT2D eigenvalue weighted by atomic mass is 10.2. The Balaban J connectivity index is 1.75. The molecule has 0 spiro atoms. The molecule has 0 saturated heterocycles. The molecule has 0 aliphatic rings. The summed E-state index contributed by atoms with van der Waals surface area (Å²) in [5.41, 5.74) is 1.85. The molecule has 0 saturated carbocycles. The zero-order valence-corrected chi connectivity index (χ0v) is 18.3. The van der Waals surface area contributed by atoms with Crippen LogP contribution in [0.3, 0.4) is 0 Å². The van der Waals surface area contributed by atoms with Crippen molar-refractivity contribution >= 4 is 33.5 Å². The van der Waals surface area contributed by atoms with E-state index in [-0.39, 0.29) is 34.8 Å². The smallest absolute Gasteiger partial charge is 0.278 e. The van der Waals surface area contributed by atoms with Crippen molar-refractivity contribution in [3.05, 3.63) is 105 Å². The fourth-order valence-corrected chi connectivity index (χ4v) is 4.33. The second-order valence-electron chi connectivity index (χ2n) is 7.63. The van der Waals surface area contributed by atoms with Gasteiger partial charge < -0.3 is 9.30 Å². The largest absolute Gasteiger partial charge is 0.496 e. The number of nitrogens with zero attached hydrogens (tertiary/aromatic N) is 3. The Hall–Kier alpha value is -3.71. The molecule has 0 radical (unpaired) electrons. The summed E-state index contributed by atoms with van der Waals surface area (Å²) in [7, 11) is 1.56. The maximum Gasteiger partial charge on any atom is 0.278 e. The van der Waals surface area contributed by atoms with E-state index in [2.05, 4.69) is 4.98 Å². The standard InChI is InChI=1S/C25H18ClF2N3O2/c1-33-22-8-3-2-5-15(22)12-30-14-29-23-17-11-16(27)9-10-21(17)31(24(23)25(30)32)13-18-19(26)6-4-7-20(18)28/h2-11,14H,12-13H2,1H3. The fraction of sp³-hybridized carbons (Fsp3) is 0.120. The summed E-state index contributed by atoms with van der Waals surface area (Å²) in [5, 5.41) is 0.712. The van der Waals surface area contributed by atoms with Gasteiger partial charge in [0.15, 0.2) is 0 Å². The molecule has 0 N–H and O–H groups in total. The van der Waals surface area contributed by atoms with E-state index in [0.29, 0.717) is 22.2 Å². The highest BCUT2D eigenvalue weighted by Gasteiger charge is 2.20. The van der Waals surface area contributed by atoms with Gasteiger partial charge in [-0.05, 0) is 36.4 Å². The maximum atomic E-state index is 14.6. The van der Waals surface area contributed by atoms with E-state index in [0.717, 1.165) is 5.56 Å². The zero-order valence-electron chi connectivity index (χ0n) is 17.6. The second-order valence-corrected chi connectivity index (χ2v) is 8.04. The van der Waals surface area contributed by atoms with E-state index >= 15 is 0 Å². The fourth-order valence-electron chi connectivity index (χ4n) is 4.11. The van der Waals surface area contributed by atoms with Crippen molar-refractivity contribution in [1.29, 1.82) is 0 Å². The summed E-state index contributed by atoms with van der Waals surface area (Å²) in [6.07, 6.45) is 1.43. The highest BCUT2D eigenvalue weighted by Crippen LogP contribution is 2.29. The molecule has 5 nitrogen and oxygen atoms in total. The SMILES string of the molecule is COc1ccccc1Cn1cnc2c3cc(F)ccc3n(Cc3c(F)cccc3Cl)c2c1=O. The highest BCUT2D eigenvalue weighted by atomic mass is 35.5. The third-order valence-corrected chi connectivity index (χ3v) is 6.05. The molecule has 33 heavy (non-hydrogen) atoms. The second kappa shape index (κ2) is 8.33. The number of hydrogen-bond acceptors (Lipinski definition) is 3. The number of aromatic nitrogens is 3. The zero-order chi connectivity index (χ0) is 23.1. The molecule has 0 amide bonds. The Labute approximate surface area is 192 Å². The third-order valence-electron chi connectivity index (χ3n) is 5.70. The minimum atomic E-state index is -0.488. The van der Waals surface area contributed by atoms with Gasteiger partial charge in [-0.3, -0.25) is 9.36 Å². The molecule has 0 atom stereocenters. The lowest BCUT2D eigenvalue weighted by molar-refractivity contribution is 0.408. The van der Waals surface area contributed by atoms with Gasteiger partial charge >= 0.3 is 0 Å². The average Bonchev–Trinajstić information content (AvgIpc) is 3.11. The average molecular weight is 466 g/mol. The lowest BCUT2D eigenvalue weighted by Gasteiger charge is -2.12. The molecular weight excluding hydrogens is 448 g/mol. The van der Waals surface area contributed by atoms with Crippen molar-refractivity contribution in [2.45, 2.75) is 13.1 Å². The maximum absolute atomic E-state index is 14.6. The summed E-state index contributed by atoms with van der Waals surface area (Å²) in [5.74, 6) is -0.298. The van der Waals surface area contributed by atoms with Gasteiger partial charge in [0.1, 0.15) is 28.4 Å². The Morgan fingerprint density at radius 1 is 1.03 bits per heavy atom. The quantitative estimate of drug-likeness (QED) is 0.350. The Morgan fingerprint density at radius 3 is 2.64 bits per heavy atom. The van der Waals surface area contributed by atoms with Crippen molar-refractivity contribution in [1.82, 2.24) is 14.1 Å². The Morgan fingerprint density at radius 2 is 1.85 bits per heavy atom.